The van der Waals surface area contributed by atoms with Crippen molar-refractivity contribution in [2.24, 2.45) is 0 Å². The summed E-state index contributed by atoms with van der Waals surface area (Å²) in [4.78, 5) is 9.61. The van der Waals surface area contributed by atoms with Crippen molar-refractivity contribution in [2.75, 3.05) is 7.11 Å². The Bertz CT molecular complexity index is 630. The van der Waals surface area contributed by atoms with E-state index in [1.807, 2.05) is 35.1 Å². The van der Waals surface area contributed by atoms with Crippen molar-refractivity contribution in [1.82, 2.24) is 4.98 Å². The molecule has 0 unspecified atom stereocenters. The molecule has 0 amide bonds. The lowest BCUT2D eigenvalue weighted by Crippen LogP contribution is -1.79. The maximum absolute atomic E-state index is 7.00. The summed E-state index contributed by atoms with van der Waals surface area (Å²) < 4.78 is 0. The van der Waals surface area contributed by atoms with Gasteiger partial charge in [0.25, 0.3) is 0 Å². The smallest absolute Gasteiger partial charge is 0.0361 e. The summed E-state index contributed by atoms with van der Waals surface area (Å²) in [7, 11) is 1.00. The second-order valence-corrected chi connectivity index (χ2v) is 6.86. The largest absolute Gasteiger partial charge is 0.400 e. The molecule has 0 aliphatic heterocycles. The van der Waals surface area contributed by atoms with Crippen LogP contribution < -0.4 is 0 Å². The predicted molar refractivity (Wildman–Crippen MR) is 88.5 cm³/mol. The van der Waals surface area contributed by atoms with Crippen molar-refractivity contribution in [3.8, 4) is 20.9 Å². The van der Waals surface area contributed by atoms with E-state index in [9.17, 15) is 0 Å². The van der Waals surface area contributed by atoms with E-state index in [0.717, 1.165) is 7.11 Å². The maximum atomic E-state index is 7.00. The first-order chi connectivity index (χ1) is 9.72. The first-order valence-electron chi connectivity index (χ1n) is 6.26. The van der Waals surface area contributed by atoms with Crippen LogP contribution in [0.3, 0.4) is 0 Å². The van der Waals surface area contributed by atoms with Crippen molar-refractivity contribution in [3.05, 3.63) is 52.5 Å². The van der Waals surface area contributed by atoms with Crippen LogP contribution in [-0.4, -0.2) is 17.2 Å². The number of aromatic nitrogens is 1. The highest BCUT2D eigenvalue weighted by molar-refractivity contribution is 7.15. The van der Waals surface area contributed by atoms with E-state index in [0.29, 0.717) is 0 Å². The van der Waals surface area contributed by atoms with E-state index in [2.05, 4.69) is 49.2 Å². The summed E-state index contributed by atoms with van der Waals surface area (Å²) in [6.07, 6.45) is 3.88. The molecule has 0 aromatic carbocycles. The summed E-state index contributed by atoms with van der Waals surface area (Å²) in [6.45, 7) is 4.27. The summed E-state index contributed by atoms with van der Waals surface area (Å²) in [5, 5.41) is 7.00. The molecular weight excluding hydrogens is 286 g/mol. The molecule has 3 rings (SSSR count). The molecule has 0 radical (unpaired) electrons. The lowest BCUT2D eigenvalue weighted by Gasteiger charge is -2.00. The van der Waals surface area contributed by atoms with E-state index < -0.39 is 0 Å². The third kappa shape index (κ3) is 3.33. The molecule has 2 nitrogen and oxygen atoms in total. The minimum atomic E-state index is 1.00. The molecule has 4 heteroatoms. The number of hydrogen-bond donors (Lipinski definition) is 1. The molecule has 0 saturated heterocycles. The van der Waals surface area contributed by atoms with Crippen LogP contribution in [0.25, 0.3) is 20.9 Å². The Hall–Kier alpha value is -1.49. The van der Waals surface area contributed by atoms with Gasteiger partial charge in [0.1, 0.15) is 0 Å². The highest BCUT2D eigenvalue weighted by Crippen LogP contribution is 2.32. The molecule has 0 aliphatic rings. The first-order valence-corrected chi connectivity index (χ1v) is 7.89. The van der Waals surface area contributed by atoms with Crippen molar-refractivity contribution in [3.63, 3.8) is 0 Å². The fourth-order valence-corrected chi connectivity index (χ4v) is 3.59. The van der Waals surface area contributed by atoms with E-state index >= 15 is 0 Å². The second-order valence-electron chi connectivity index (χ2n) is 4.28. The summed E-state index contributed by atoms with van der Waals surface area (Å²) >= 11 is 3.63. The summed E-state index contributed by atoms with van der Waals surface area (Å²) in [5.41, 5.74) is 2.41. The molecule has 0 fully saturated rings. The number of aliphatic hydroxyl groups excluding tert-OH is 1. The highest BCUT2D eigenvalue weighted by Gasteiger charge is 2.05. The van der Waals surface area contributed by atoms with Gasteiger partial charge in [-0.2, -0.15) is 0 Å². The monoisotopic (exact) mass is 303 g/mol. The zero-order valence-electron chi connectivity index (χ0n) is 11.8. The third-order valence-electron chi connectivity index (χ3n) is 2.79. The number of hydrogen-bond acceptors (Lipinski definition) is 4. The maximum Gasteiger partial charge on any atom is 0.0361 e. The van der Waals surface area contributed by atoms with Gasteiger partial charge in [-0.3, -0.25) is 4.98 Å². The van der Waals surface area contributed by atoms with E-state index in [4.69, 9.17) is 5.11 Å². The van der Waals surface area contributed by atoms with Crippen LogP contribution in [0.5, 0.6) is 0 Å². The van der Waals surface area contributed by atoms with Gasteiger partial charge >= 0.3 is 0 Å². The Balaban J connectivity index is 0.000000704. The Kier molecular flexibility index (Phi) is 5.06. The lowest BCUT2D eigenvalue weighted by atomic mass is 10.1. The minimum Gasteiger partial charge on any atom is -0.400 e. The molecule has 0 bridgehead atoms. The number of nitrogens with zero attached hydrogens (tertiary/aromatic N) is 1. The van der Waals surface area contributed by atoms with Crippen LogP contribution >= 0.6 is 22.7 Å². The number of thiophene rings is 2. The molecular formula is C16H17NOS2. The number of aryl methyl sites for hydroxylation is 2. The summed E-state index contributed by atoms with van der Waals surface area (Å²) in [5.74, 6) is 0. The van der Waals surface area contributed by atoms with E-state index in [1.165, 1.54) is 30.6 Å². The van der Waals surface area contributed by atoms with Crippen LogP contribution in [0, 0.1) is 13.8 Å². The number of aliphatic hydroxyl groups is 1. The molecule has 0 spiro atoms. The fourth-order valence-electron chi connectivity index (χ4n) is 1.89. The molecule has 0 aliphatic carbocycles. The Morgan fingerprint density at radius 1 is 0.800 bits per heavy atom. The zero-order valence-corrected chi connectivity index (χ0v) is 13.4. The van der Waals surface area contributed by atoms with Crippen molar-refractivity contribution in [2.45, 2.75) is 13.8 Å². The molecule has 1 N–H and O–H groups in total. The van der Waals surface area contributed by atoms with Crippen LogP contribution in [-0.2, 0) is 0 Å². The van der Waals surface area contributed by atoms with Gasteiger partial charge in [-0.1, -0.05) is 0 Å². The molecule has 3 aromatic heterocycles. The van der Waals surface area contributed by atoms with Gasteiger partial charge < -0.3 is 5.11 Å². The van der Waals surface area contributed by atoms with Crippen LogP contribution in [0.2, 0.25) is 0 Å². The number of rotatable bonds is 2. The average molecular weight is 303 g/mol. The standard InChI is InChI=1S/C15H13NS2.CH4O/c1-10-3-5-14(17-10)12-7-13(9-16-8-12)15-6-4-11(2)18-15;1-2/h3-9H,1-2H3;2H,1H3. The molecule has 20 heavy (non-hydrogen) atoms. The highest BCUT2D eigenvalue weighted by atomic mass is 32.1. The fraction of sp³-hybridized carbons (Fsp3) is 0.188. The average Bonchev–Trinajstić information content (AvgIpc) is 3.10. The second kappa shape index (κ2) is 6.79. The van der Waals surface area contributed by atoms with E-state index in [-0.39, 0.29) is 0 Å². The predicted octanol–water partition coefficient (Wildman–Crippen LogP) is 4.76. The van der Waals surface area contributed by atoms with Gasteiger partial charge in [0.05, 0.1) is 0 Å². The number of pyridine rings is 1. The molecule has 104 valence electrons. The normalized spacial score (nSPS) is 10.0. The van der Waals surface area contributed by atoms with Gasteiger partial charge in [-0.25, -0.2) is 0 Å². The quantitative estimate of drug-likeness (QED) is 0.740. The van der Waals surface area contributed by atoms with Crippen molar-refractivity contribution < 1.29 is 5.11 Å². The minimum absolute atomic E-state index is 1.00. The topological polar surface area (TPSA) is 33.1 Å². The van der Waals surface area contributed by atoms with E-state index in [1.54, 1.807) is 0 Å². The van der Waals surface area contributed by atoms with Crippen LogP contribution in [0.15, 0.2) is 42.7 Å². The van der Waals surface area contributed by atoms with Gasteiger partial charge in [0.15, 0.2) is 0 Å². The Morgan fingerprint density at radius 3 is 1.60 bits per heavy atom. The van der Waals surface area contributed by atoms with Gasteiger partial charge in [-0.15, -0.1) is 22.7 Å². The summed E-state index contributed by atoms with van der Waals surface area (Å²) in [6, 6.07) is 10.9. The van der Waals surface area contributed by atoms with Gasteiger partial charge in [-0.05, 0) is 44.2 Å². The van der Waals surface area contributed by atoms with Gasteiger partial charge in [0, 0.05) is 50.1 Å². The van der Waals surface area contributed by atoms with Crippen LogP contribution in [0.1, 0.15) is 9.75 Å². The lowest BCUT2D eigenvalue weighted by molar-refractivity contribution is 0.399. The Morgan fingerprint density at radius 2 is 1.25 bits per heavy atom. The van der Waals surface area contributed by atoms with Gasteiger partial charge in [0.2, 0.25) is 0 Å². The molecule has 0 saturated carbocycles. The third-order valence-corrected chi connectivity index (χ3v) is 4.89. The molecule has 3 aromatic rings. The SMILES string of the molecule is CO.Cc1ccc(-c2cncc(-c3ccc(C)s3)c2)s1. The zero-order chi connectivity index (χ0) is 14.5. The molecule has 3 heterocycles. The van der Waals surface area contributed by atoms with Crippen molar-refractivity contribution in [1.29, 1.82) is 0 Å². The van der Waals surface area contributed by atoms with Crippen molar-refractivity contribution >= 4 is 22.7 Å². The Labute approximate surface area is 127 Å². The first kappa shape index (κ1) is 14.9. The molecule has 0 atom stereocenters. The van der Waals surface area contributed by atoms with Crippen LogP contribution in [0.4, 0.5) is 0 Å².